The highest BCUT2D eigenvalue weighted by molar-refractivity contribution is 5.65. The quantitative estimate of drug-likeness (QED) is 0.553. The van der Waals surface area contributed by atoms with Crippen molar-refractivity contribution in [3.05, 3.63) is 36.0 Å². The van der Waals surface area contributed by atoms with Gasteiger partial charge >= 0.3 is 5.97 Å². The Balaban J connectivity index is 1.74. The van der Waals surface area contributed by atoms with E-state index >= 15 is 4.39 Å². The normalized spacial score (nSPS) is 50.4. The van der Waals surface area contributed by atoms with E-state index in [0.717, 1.165) is 12.0 Å². The Morgan fingerprint density at radius 2 is 2.10 bits per heavy atom. The van der Waals surface area contributed by atoms with Crippen LogP contribution in [0.2, 0.25) is 0 Å². The van der Waals surface area contributed by atoms with Crippen molar-refractivity contribution < 1.29 is 24.1 Å². The van der Waals surface area contributed by atoms with Crippen LogP contribution in [0.1, 0.15) is 53.4 Å². The summed E-state index contributed by atoms with van der Waals surface area (Å²) in [5.41, 5.74) is -3.53. The minimum Gasteiger partial charge on any atom is -0.466 e. The van der Waals surface area contributed by atoms with Crippen molar-refractivity contribution in [2.24, 2.45) is 28.6 Å². The van der Waals surface area contributed by atoms with Crippen LogP contribution in [-0.2, 0) is 9.53 Å². The average molecular weight is 405 g/mol. The monoisotopic (exact) mass is 404 g/mol. The summed E-state index contributed by atoms with van der Waals surface area (Å²) < 4.78 is 22.0. The minimum absolute atomic E-state index is 0.0809. The Bertz CT molecular complexity index is 803. The summed E-state index contributed by atoms with van der Waals surface area (Å²) in [5, 5.41) is 23.0. The zero-order valence-corrected chi connectivity index (χ0v) is 17.8. The Labute approximate surface area is 172 Å². The van der Waals surface area contributed by atoms with Crippen molar-refractivity contribution in [1.29, 1.82) is 0 Å². The fourth-order valence-corrected chi connectivity index (χ4v) is 7.11. The van der Waals surface area contributed by atoms with E-state index in [0.29, 0.717) is 12.8 Å². The van der Waals surface area contributed by atoms with Gasteiger partial charge in [0, 0.05) is 30.1 Å². The van der Waals surface area contributed by atoms with Gasteiger partial charge in [-0.2, -0.15) is 0 Å². The van der Waals surface area contributed by atoms with Crippen LogP contribution in [0.5, 0.6) is 0 Å². The van der Waals surface area contributed by atoms with Gasteiger partial charge in [-0.3, -0.25) is 4.79 Å². The zero-order valence-electron chi connectivity index (χ0n) is 17.8. The van der Waals surface area contributed by atoms with Crippen molar-refractivity contribution >= 4 is 5.97 Å². The Kier molecular flexibility index (Phi) is 4.67. The summed E-state index contributed by atoms with van der Waals surface area (Å²) in [6.45, 7) is 7.34. The van der Waals surface area contributed by atoms with E-state index in [9.17, 15) is 15.0 Å². The number of hydrogen-bond donors (Lipinski definition) is 2. The zero-order chi connectivity index (χ0) is 21.2. The summed E-state index contributed by atoms with van der Waals surface area (Å²) >= 11 is 0. The predicted molar refractivity (Wildman–Crippen MR) is 109 cm³/mol. The van der Waals surface area contributed by atoms with E-state index in [1.165, 1.54) is 6.92 Å². The number of carbonyl (C=O) groups is 1. The predicted octanol–water partition coefficient (Wildman–Crippen LogP) is 3.88. The smallest absolute Gasteiger partial charge is 0.302 e. The largest absolute Gasteiger partial charge is 0.466 e. The molecular formula is C24H33FO4. The Morgan fingerprint density at radius 3 is 2.79 bits per heavy atom. The first-order chi connectivity index (χ1) is 13.5. The maximum Gasteiger partial charge on any atom is 0.302 e. The van der Waals surface area contributed by atoms with Gasteiger partial charge in [0.05, 0.1) is 18.3 Å². The van der Waals surface area contributed by atoms with Crippen LogP contribution in [0.4, 0.5) is 4.39 Å². The summed E-state index contributed by atoms with van der Waals surface area (Å²) in [6.07, 6.45) is 10.7. The van der Waals surface area contributed by atoms with Crippen LogP contribution in [0.15, 0.2) is 36.0 Å². The third kappa shape index (κ3) is 2.53. The molecule has 0 aromatic carbocycles. The van der Waals surface area contributed by atoms with Crippen LogP contribution in [0, 0.1) is 28.6 Å². The first kappa shape index (κ1) is 20.8. The Morgan fingerprint density at radius 1 is 1.38 bits per heavy atom. The van der Waals surface area contributed by atoms with Crippen LogP contribution >= 0.6 is 0 Å². The molecule has 4 nitrogen and oxygen atoms in total. The molecular weight excluding hydrogens is 371 g/mol. The highest BCUT2D eigenvalue weighted by Gasteiger charge is 2.73. The molecule has 0 amide bonds. The lowest BCUT2D eigenvalue weighted by Crippen LogP contribution is -2.67. The molecule has 5 heteroatoms. The van der Waals surface area contributed by atoms with Crippen LogP contribution in [0.3, 0.4) is 0 Å². The van der Waals surface area contributed by atoms with Gasteiger partial charge in [0.2, 0.25) is 0 Å². The maximum atomic E-state index is 16.9. The molecule has 0 saturated heterocycles. The van der Waals surface area contributed by atoms with Crippen LogP contribution in [-0.4, -0.2) is 40.2 Å². The highest BCUT2D eigenvalue weighted by Crippen LogP contribution is 2.69. The standard InChI is InChI=1S/C24H33FO4/c1-15-13-19-18-9-8-17-7-5-6-10-21(17,3)24(18,25)20(27)14-22(19,4)23(15,28)11-12-29-16(2)26/h6-10,15,18-20,27-28H,5,11-14H2,1-4H3/t15?,18-,19-,20?,21-,22-,23+,24-/m0/s1. The van der Waals surface area contributed by atoms with Gasteiger partial charge < -0.3 is 14.9 Å². The lowest BCUT2D eigenvalue weighted by atomic mass is 9.46. The molecule has 4 aliphatic rings. The number of aliphatic hydroxyl groups excluding tert-OH is 1. The molecule has 2 saturated carbocycles. The molecule has 0 radical (unpaired) electrons. The number of fused-ring (bicyclic) bond motifs is 5. The van der Waals surface area contributed by atoms with Gasteiger partial charge in [0.15, 0.2) is 5.67 Å². The summed E-state index contributed by atoms with van der Waals surface area (Å²) in [6, 6.07) is 0. The molecule has 0 aromatic heterocycles. The third-order valence-corrected chi connectivity index (χ3v) is 8.84. The maximum absolute atomic E-state index is 16.9. The fourth-order valence-electron chi connectivity index (χ4n) is 7.11. The topological polar surface area (TPSA) is 66.8 Å². The second kappa shape index (κ2) is 6.52. The van der Waals surface area contributed by atoms with Gasteiger partial charge in [-0.05, 0) is 43.6 Å². The molecule has 2 fully saturated rings. The van der Waals surface area contributed by atoms with E-state index in [-0.39, 0.29) is 30.8 Å². The summed E-state index contributed by atoms with van der Waals surface area (Å²) in [7, 11) is 0. The fraction of sp³-hybridized carbons (Fsp3) is 0.708. The molecule has 2 unspecified atom stereocenters. The van der Waals surface area contributed by atoms with Crippen molar-refractivity contribution in [3.8, 4) is 0 Å². The van der Waals surface area contributed by atoms with Crippen molar-refractivity contribution in [3.63, 3.8) is 0 Å². The van der Waals surface area contributed by atoms with Crippen molar-refractivity contribution in [1.82, 2.24) is 0 Å². The van der Waals surface area contributed by atoms with E-state index in [1.807, 2.05) is 51.2 Å². The summed E-state index contributed by atoms with van der Waals surface area (Å²) in [4.78, 5) is 11.2. The number of esters is 1. The molecule has 4 rings (SSSR count). The van der Waals surface area contributed by atoms with Gasteiger partial charge in [0.1, 0.15) is 0 Å². The molecule has 0 heterocycles. The molecule has 2 N–H and O–H groups in total. The molecule has 8 atom stereocenters. The second-order valence-corrected chi connectivity index (χ2v) is 10.0. The lowest BCUT2D eigenvalue weighted by molar-refractivity contribution is -0.207. The van der Waals surface area contributed by atoms with Gasteiger partial charge in [-0.1, -0.05) is 44.2 Å². The minimum atomic E-state index is -1.81. The number of alkyl halides is 1. The number of hydrogen-bond acceptors (Lipinski definition) is 4. The number of carbonyl (C=O) groups excluding carboxylic acids is 1. The highest BCUT2D eigenvalue weighted by atomic mass is 19.1. The summed E-state index contributed by atoms with van der Waals surface area (Å²) in [5.74, 6) is -1.04. The number of aliphatic hydroxyl groups is 2. The van der Waals surface area contributed by atoms with Gasteiger partial charge in [-0.15, -0.1) is 0 Å². The van der Waals surface area contributed by atoms with E-state index in [1.54, 1.807) is 0 Å². The molecule has 0 spiro atoms. The number of allylic oxidation sites excluding steroid dienone is 6. The van der Waals surface area contributed by atoms with Crippen molar-refractivity contribution in [2.75, 3.05) is 6.61 Å². The third-order valence-electron chi connectivity index (χ3n) is 8.84. The average Bonchev–Trinajstić information content (AvgIpc) is 2.83. The second-order valence-electron chi connectivity index (χ2n) is 10.0. The van der Waals surface area contributed by atoms with E-state index in [4.69, 9.17) is 4.74 Å². The molecule has 0 bridgehead atoms. The molecule has 0 aromatic rings. The number of rotatable bonds is 3. The van der Waals surface area contributed by atoms with Crippen molar-refractivity contribution in [2.45, 2.75) is 70.8 Å². The Hall–Kier alpha value is -1.46. The van der Waals surface area contributed by atoms with E-state index < -0.39 is 34.1 Å². The number of ether oxygens (including phenoxy) is 1. The molecule has 0 aliphatic heterocycles. The van der Waals surface area contributed by atoms with Gasteiger partial charge in [0.25, 0.3) is 0 Å². The molecule has 29 heavy (non-hydrogen) atoms. The SMILES string of the molecule is CC(=O)OCC[C@@]1(O)C(C)C[C@H]2[C@@H]3C=CC4=CCC=C[C@]4(C)[C@@]3(F)C(O)C[C@@]21C. The first-order valence-electron chi connectivity index (χ1n) is 10.8. The van der Waals surface area contributed by atoms with Crippen LogP contribution < -0.4 is 0 Å². The van der Waals surface area contributed by atoms with E-state index in [2.05, 4.69) is 0 Å². The van der Waals surface area contributed by atoms with Gasteiger partial charge in [-0.25, -0.2) is 4.39 Å². The lowest BCUT2D eigenvalue weighted by Gasteiger charge is -2.61. The molecule has 4 aliphatic carbocycles. The first-order valence-corrected chi connectivity index (χ1v) is 10.8. The number of halogens is 1. The molecule has 160 valence electrons. The van der Waals surface area contributed by atoms with Crippen LogP contribution in [0.25, 0.3) is 0 Å².